The third kappa shape index (κ3) is 2.82. The third-order valence-corrected chi connectivity index (χ3v) is 2.30. The number of carbonyl (C=O) groups excluding carboxylic acids is 1. The second kappa shape index (κ2) is 4.78. The number of carboxylic acid groups (broad SMARTS) is 1. The van der Waals surface area contributed by atoms with E-state index in [-0.39, 0.29) is 0 Å². The number of hydrogen-bond acceptors (Lipinski definition) is 3. The molecule has 88 valence electrons. The van der Waals surface area contributed by atoms with Crippen molar-refractivity contribution in [2.24, 2.45) is 5.41 Å². The zero-order chi connectivity index (χ0) is 12.2. The first kappa shape index (κ1) is 12.2. The minimum atomic E-state index is -1.40. The van der Waals surface area contributed by atoms with Crippen molar-refractivity contribution in [2.75, 3.05) is 6.54 Å². The number of nitrogens with zero attached hydrogens (tertiary/aromatic N) is 1. The fourth-order valence-electron chi connectivity index (χ4n) is 1.05. The van der Waals surface area contributed by atoms with E-state index < -0.39 is 17.3 Å². The Morgan fingerprint density at radius 3 is 2.75 bits per heavy atom. The molecule has 0 fully saturated rings. The lowest BCUT2D eigenvalue weighted by atomic mass is 9.93. The highest BCUT2D eigenvalue weighted by molar-refractivity contribution is 6.00. The molecular weight excluding hydrogens is 210 g/mol. The fourth-order valence-corrected chi connectivity index (χ4v) is 1.05. The summed E-state index contributed by atoms with van der Waals surface area (Å²) in [6.45, 7) is 3.11. The summed E-state index contributed by atoms with van der Waals surface area (Å²) >= 11 is 0. The van der Waals surface area contributed by atoms with Crippen LogP contribution in [0.25, 0.3) is 0 Å². The van der Waals surface area contributed by atoms with Crippen LogP contribution in [0.3, 0.4) is 0 Å². The molecule has 1 aromatic rings. The van der Waals surface area contributed by atoms with Crippen molar-refractivity contribution in [1.29, 1.82) is 0 Å². The van der Waals surface area contributed by atoms with Gasteiger partial charge in [0.05, 0.1) is 0 Å². The average molecular weight is 225 g/mol. The zero-order valence-corrected chi connectivity index (χ0v) is 9.28. The number of nitrogens with one attached hydrogen (secondary N) is 2. The van der Waals surface area contributed by atoms with Gasteiger partial charge < -0.3 is 15.4 Å². The monoisotopic (exact) mass is 225 g/mol. The van der Waals surface area contributed by atoms with Crippen LogP contribution in [0.15, 0.2) is 12.4 Å². The van der Waals surface area contributed by atoms with Gasteiger partial charge in [-0.15, -0.1) is 0 Å². The largest absolute Gasteiger partial charge is 0.480 e. The summed E-state index contributed by atoms with van der Waals surface area (Å²) in [7, 11) is 0. The van der Waals surface area contributed by atoms with Crippen LogP contribution in [0, 0.1) is 5.41 Å². The first-order valence-corrected chi connectivity index (χ1v) is 4.94. The molecule has 0 spiro atoms. The summed E-state index contributed by atoms with van der Waals surface area (Å²) < 4.78 is 0. The van der Waals surface area contributed by atoms with E-state index in [9.17, 15) is 9.59 Å². The number of H-pyrrole nitrogens is 1. The summed E-state index contributed by atoms with van der Waals surface area (Å²) in [5.41, 5.74) is -1.40. The summed E-state index contributed by atoms with van der Waals surface area (Å²) in [5.74, 6) is -0.872. The first-order chi connectivity index (χ1) is 7.44. The molecule has 0 bridgehead atoms. The minimum Gasteiger partial charge on any atom is -0.480 e. The van der Waals surface area contributed by atoms with Crippen LogP contribution >= 0.6 is 0 Å². The summed E-state index contributed by atoms with van der Waals surface area (Å²) in [6.07, 6.45) is 3.87. The molecule has 0 saturated carbocycles. The van der Waals surface area contributed by atoms with Gasteiger partial charge >= 0.3 is 5.97 Å². The van der Waals surface area contributed by atoms with Crippen molar-refractivity contribution in [2.45, 2.75) is 20.3 Å². The van der Waals surface area contributed by atoms with Gasteiger partial charge in [-0.1, -0.05) is 0 Å². The molecule has 1 aromatic heterocycles. The standard InChI is InChI=1S/C10H15N3O3/c1-10(2,9(15)16)8(14)13-4-3-7-11-5-6-12-7/h5-6H,3-4H2,1-2H3,(H,11,12)(H,13,14)(H,15,16). The molecule has 0 saturated heterocycles. The van der Waals surface area contributed by atoms with E-state index in [0.717, 1.165) is 5.82 Å². The number of aromatic amines is 1. The predicted octanol–water partition coefficient (Wildman–Crippen LogP) is 0.179. The number of hydrogen-bond donors (Lipinski definition) is 3. The van der Waals surface area contributed by atoms with Crippen LogP contribution in [0.4, 0.5) is 0 Å². The van der Waals surface area contributed by atoms with Gasteiger partial charge in [0.15, 0.2) is 0 Å². The predicted molar refractivity (Wildman–Crippen MR) is 56.7 cm³/mol. The Morgan fingerprint density at radius 2 is 2.25 bits per heavy atom. The van der Waals surface area contributed by atoms with Crippen LogP contribution in [0.1, 0.15) is 19.7 Å². The molecule has 6 heteroatoms. The van der Waals surface area contributed by atoms with Crippen molar-refractivity contribution < 1.29 is 14.7 Å². The van der Waals surface area contributed by atoms with Crippen LogP contribution in [-0.2, 0) is 16.0 Å². The Kier molecular flexibility index (Phi) is 3.65. The smallest absolute Gasteiger partial charge is 0.318 e. The lowest BCUT2D eigenvalue weighted by Crippen LogP contribution is -2.43. The maximum atomic E-state index is 11.5. The van der Waals surface area contributed by atoms with Crippen LogP contribution < -0.4 is 5.32 Å². The van der Waals surface area contributed by atoms with Crippen molar-refractivity contribution in [3.8, 4) is 0 Å². The summed E-state index contributed by atoms with van der Waals surface area (Å²) in [6, 6.07) is 0. The zero-order valence-electron chi connectivity index (χ0n) is 9.28. The fraction of sp³-hybridized carbons (Fsp3) is 0.500. The van der Waals surface area contributed by atoms with Gasteiger partial charge in [-0.25, -0.2) is 4.98 Å². The third-order valence-electron chi connectivity index (χ3n) is 2.30. The molecule has 0 aliphatic heterocycles. The van der Waals surface area contributed by atoms with E-state index in [1.54, 1.807) is 12.4 Å². The molecule has 3 N–H and O–H groups in total. The van der Waals surface area contributed by atoms with E-state index in [4.69, 9.17) is 5.11 Å². The molecule has 0 aromatic carbocycles. The van der Waals surface area contributed by atoms with Crippen molar-refractivity contribution in [3.63, 3.8) is 0 Å². The second-order valence-corrected chi connectivity index (χ2v) is 3.97. The van der Waals surface area contributed by atoms with Crippen LogP contribution in [-0.4, -0.2) is 33.5 Å². The number of rotatable bonds is 5. The maximum absolute atomic E-state index is 11.5. The van der Waals surface area contributed by atoms with Crippen LogP contribution in [0.2, 0.25) is 0 Å². The highest BCUT2D eigenvalue weighted by Crippen LogP contribution is 2.14. The first-order valence-electron chi connectivity index (χ1n) is 4.94. The SMILES string of the molecule is CC(C)(C(=O)O)C(=O)NCCc1ncc[nH]1. The Balaban J connectivity index is 2.39. The second-order valence-electron chi connectivity index (χ2n) is 3.97. The molecule has 1 rings (SSSR count). The average Bonchev–Trinajstić information content (AvgIpc) is 2.70. The van der Waals surface area contributed by atoms with Gasteiger partial charge in [-0.3, -0.25) is 9.59 Å². The van der Waals surface area contributed by atoms with E-state index in [1.807, 2.05) is 0 Å². The summed E-state index contributed by atoms with van der Waals surface area (Å²) in [5, 5.41) is 11.4. The van der Waals surface area contributed by atoms with Crippen molar-refractivity contribution in [3.05, 3.63) is 18.2 Å². The van der Waals surface area contributed by atoms with Crippen molar-refractivity contribution in [1.82, 2.24) is 15.3 Å². The highest BCUT2D eigenvalue weighted by Gasteiger charge is 2.35. The molecule has 1 heterocycles. The van der Waals surface area contributed by atoms with Crippen LogP contribution in [0.5, 0.6) is 0 Å². The molecule has 0 atom stereocenters. The Bertz CT molecular complexity index is 371. The van der Waals surface area contributed by atoms with Gasteiger partial charge in [0.1, 0.15) is 11.2 Å². The summed E-state index contributed by atoms with van der Waals surface area (Å²) in [4.78, 5) is 29.2. The van der Waals surface area contributed by atoms with Gasteiger partial charge in [0.2, 0.25) is 5.91 Å². The number of aliphatic carboxylic acids is 1. The minimum absolute atomic E-state index is 0.364. The van der Waals surface area contributed by atoms with E-state index >= 15 is 0 Å². The maximum Gasteiger partial charge on any atom is 0.318 e. The molecule has 0 aliphatic carbocycles. The normalized spacial score (nSPS) is 11.1. The van der Waals surface area contributed by atoms with Gasteiger partial charge in [0, 0.05) is 25.4 Å². The molecule has 0 unspecified atom stereocenters. The highest BCUT2D eigenvalue weighted by atomic mass is 16.4. The van der Waals surface area contributed by atoms with Gasteiger partial charge in [-0.2, -0.15) is 0 Å². The lowest BCUT2D eigenvalue weighted by molar-refractivity contribution is -0.153. The molecule has 0 aliphatic rings. The molecule has 1 amide bonds. The molecule has 6 nitrogen and oxygen atoms in total. The number of carboxylic acids is 1. The number of amides is 1. The quantitative estimate of drug-likeness (QED) is 0.623. The molecule has 16 heavy (non-hydrogen) atoms. The van der Waals surface area contributed by atoms with E-state index in [1.165, 1.54) is 13.8 Å². The number of aromatic nitrogens is 2. The van der Waals surface area contributed by atoms with Gasteiger partial charge in [0.25, 0.3) is 0 Å². The lowest BCUT2D eigenvalue weighted by Gasteiger charge is -2.17. The van der Waals surface area contributed by atoms with E-state index in [0.29, 0.717) is 13.0 Å². The number of carbonyl (C=O) groups is 2. The van der Waals surface area contributed by atoms with E-state index in [2.05, 4.69) is 15.3 Å². The van der Waals surface area contributed by atoms with Crippen molar-refractivity contribution >= 4 is 11.9 Å². The molecule has 0 radical (unpaired) electrons. The Labute approximate surface area is 93.1 Å². The molecular formula is C10H15N3O3. The topological polar surface area (TPSA) is 95.1 Å². The van der Waals surface area contributed by atoms with Gasteiger partial charge in [-0.05, 0) is 13.8 Å². The Hall–Kier alpha value is -1.85. The number of imidazole rings is 1. The Morgan fingerprint density at radius 1 is 1.56 bits per heavy atom.